The Kier molecular flexibility index (Phi) is 8.45. The number of hydrogen-bond acceptors (Lipinski definition) is 8. The number of rotatable bonds is 4. The molecule has 0 saturated heterocycles. The molecule has 4 rings (SSSR count). The first-order valence-electron chi connectivity index (χ1n) is 9.28. The maximum absolute atomic E-state index is 11.6. The van der Waals surface area contributed by atoms with Crippen LogP contribution in [0.15, 0.2) is 84.0 Å². The topological polar surface area (TPSA) is 144 Å². The Morgan fingerprint density at radius 3 is 1.79 bits per heavy atom. The minimum Gasteiger partial charge on any atom is -0.369 e. The number of aromatic amines is 2. The van der Waals surface area contributed by atoms with E-state index in [1.54, 1.807) is 18.2 Å². The van der Waals surface area contributed by atoms with Gasteiger partial charge in [0, 0.05) is 19.8 Å². The van der Waals surface area contributed by atoms with Gasteiger partial charge in [-0.15, -0.1) is 0 Å². The average molecular weight is 521 g/mol. The standard InChI is InChI=1S/C11H10ClN3OS.C10H8ClN3OS/c1-6-4-7(12)2-3-8(6)17-9-5-14-11(13)15-10(9)16;11-6-1-3-7(4-2-6)16-8-5-13-10(12)14-9(8)15/h2-5H,1H3,(H3,13,14,15,16);1-5H,(H3,12,13,14,15). The predicted molar refractivity (Wildman–Crippen MR) is 134 cm³/mol. The molecular weight excluding hydrogens is 503 g/mol. The highest BCUT2D eigenvalue weighted by Gasteiger charge is 2.06. The Morgan fingerprint density at radius 2 is 1.27 bits per heavy atom. The molecular formula is C21H18Cl2N6O2S2. The molecule has 0 amide bonds. The molecule has 0 atom stereocenters. The second-order valence-electron chi connectivity index (χ2n) is 6.49. The molecule has 0 saturated carbocycles. The summed E-state index contributed by atoms with van der Waals surface area (Å²) < 4.78 is 0. The monoisotopic (exact) mass is 520 g/mol. The minimum atomic E-state index is -0.243. The van der Waals surface area contributed by atoms with Crippen molar-refractivity contribution in [3.63, 3.8) is 0 Å². The van der Waals surface area contributed by atoms with Gasteiger partial charge in [0.15, 0.2) is 11.9 Å². The van der Waals surface area contributed by atoms with Crippen molar-refractivity contribution < 1.29 is 0 Å². The van der Waals surface area contributed by atoms with E-state index in [0.717, 1.165) is 15.4 Å². The van der Waals surface area contributed by atoms with Gasteiger partial charge in [0.25, 0.3) is 11.1 Å². The van der Waals surface area contributed by atoms with Crippen molar-refractivity contribution in [1.29, 1.82) is 0 Å². The average Bonchev–Trinajstić information content (AvgIpc) is 2.76. The molecule has 0 radical (unpaired) electrons. The van der Waals surface area contributed by atoms with Gasteiger partial charge < -0.3 is 11.5 Å². The van der Waals surface area contributed by atoms with Crippen LogP contribution in [0.4, 0.5) is 11.9 Å². The summed E-state index contributed by atoms with van der Waals surface area (Å²) in [5.74, 6) is 0.234. The molecule has 0 aliphatic rings. The normalized spacial score (nSPS) is 10.4. The van der Waals surface area contributed by atoms with E-state index < -0.39 is 0 Å². The van der Waals surface area contributed by atoms with Crippen LogP contribution >= 0.6 is 46.7 Å². The largest absolute Gasteiger partial charge is 0.369 e. The van der Waals surface area contributed by atoms with Crippen LogP contribution in [0.2, 0.25) is 10.0 Å². The van der Waals surface area contributed by atoms with E-state index in [0.29, 0.717) is 19.8 Å². The number of nitrogens with one attached hydrogen (secondary N) is 2. The summed E-state index contributed by atoms with van der Waals surface area (Å²) in [6.07, 6.45) is 2.92. The SMILES string of the molecule is Cc1cc(Cl)ccc1Sc1cnc(N)[nH]c1=O.Nc1ncc(Sc2ccc(Cl)cc2)c(=O)[nH]1. The lowest BCUT2D eigenvalue weighted by Crippen LogP contribution is -2.12. The van der Waals surface area contributed by atoms with Gasteiger partial charge in [-0.25, -0.2) is 9.97 Å². The fourth-order valence-electron chi connectivity index (χ4n) is 2.41. The molecule has 2 aromatic heterocycles. The summed E-state index contributed by atoms with van der Waals surface area (Å²) in [4.78, 5) is 38.5. The molecule has 2 aromatic carbocycles. The Hall–Kier alpha value is -2.92. The number of aryl methyl sites for hydroxylation is 1. The van der Waals surface area contributed by atoms with E-state index in [1.807, 2.05) is 31.2 Å². The van der Waals surface area contributed by atoms with Crippen LogP contribution in [0.5, 0.6) is 0 Å². The summed E-state index contributed by atoms with van der Waals surface area (Å²) in [6, 6.07) is 12.7. The summed E-state index contributed by atoms with van der Waals surface area (Å²) in [6.45, 7) is 1.94. The van der Waals surface area contributed by atoms with Crippen LogP contribution in [0, 0.1) is 6.92 Å². The van der Waals surface area contributed by atoms with Gasteiger partial charge in [-0.05, 0) is 55.0 Å². The number of nitrogens with two attached hydrogens (primary N) is 2. The number of nitrogen functional groups attached to an aromatic ring is 2. The zero-order valence-corrected chi connectivity index (χ0v) is 20.3. The van der Waals surface area contributed by atoms with Gasteiger partial charge in [-0.1, -0.05) is 46.7 Å². The predicted octanol–water partition coefficient (Wildman–Crippen LogP) is 4.62. The zero-order chi connectivity index (χ0) is 24.0. The molecule has 33 heavy (non-hydrogen) atoms. The second kappa shape index (κ2) is 11.3. The van der Waals surface area contributed by atoms with E-state index >= 15 is 0 Å². The van der Waals surface area contributed by atoms with E-state index in [2.05, 4.69) is 19.9 Å². The highest BCUT2D eigenvalue weighted by atomic mass is 35.5. The number of H-pyrrole nitrogens is 2. The highest BCUT2D eigenvalue weighted by Crippen LogP contribution is 2.29. The van der Waals surface area contributed by atoms with Crippen LogP contribution in [0.1, 0.15) is 5.56 Å². The first kappa shape index (κ1) is 24.7. The molecule has 0 unspecified atom stereocenters. The lowest BCUT2D eigenvalue weighted by molar-refractivity contribution is 1.05. The van der Waals surface area contributed by atoms with Gasteiger partial charge in [0.1, 0.15) is 0 Å². The van der Waals surface area contributed by atoms with Gasteiger partial charge >= 0.3 is 0 Å². The maximum Gasteiger partial charge on any atom is 0.266 e. The van der Waals surface area contributed by atoms with E-state index in [9.17, 15) is 9.59 Å². The van der Waals surface area contributed by atoms with Gasteiger partial charge in [-0.2, -0.15) is 0 Å². The van der Waals surface area contributed by atoms with Crippen LogP contribution < -0.4 is 22.6 Å². The molecule has 170 valence electrons. The summed E-state index contributed by atoms with van der Waals surface area (Å²) in [7, 11) is 0. The van der Waals surface area contributed by atoms with Crippen molar-refractivity contribution in [2.24, 2.45) is 0 Å². The fraction of sp³-hybridized carbons (Fsp3) is 0.0476. The summed E-state index contributed by atoms with van der Waals surface area (Å²) in [5.41, 5.74) is 11.3. The minimum absolute atomic E-state index is 0.116. The Bertz CT molecular complexity index is 1380. The third-order valence-electron chi connectivity index (χ3n) is 3.97. The number of halogens is 2. The Labute approximate surface area is 207 Å². The van der Waals surface area contributed by atoms with Crippen LogP contribution in [-0.4, -0.2) is 19.9 Å². The first-order valence-corrected chi connectivity index (χ1v) is 11.7. The quantitative estimate of drug-likeness (QED) is 0.305. The van der Waals surface area contributed by atoms with E-state index in [-0.39, 0.29) is 23.0 Å². The number of aromatic nitrogens is 4. The third-order valence-corrected chi connectivity index (χ3v) is 6.67. The van der Waals surface area contributed by atoms with Crippen molar-refractivity contribution in [1.82, 2.24) is 19.9 Å². The van der Waals surface area contributed by atoms with Gasteiger partial charge in [0.2, 0.25) is 0 Å². The maximum atomic E-state index is 11.6. The van der Waals surface area contributed by atoms with Crippen LogP contribution in [-0.2, 0) is 0 Å². The molecule has 6 N–H and O–H groups in total. The number of anilines is 2. The van der Waals surface area contributed by atoms with Crippen LogP contribution in [0.25, 0.3) is 0 Å². The molecule has 4 aromatic rings. The van der Waals surface area contributed by atoms with Crippen molar-refractivity contribution in [2.45, 2.75) is 26.5 Å². The van der Waals surface area contributed by atoms with Gasteiger partial charge in [-0.3, -0.25) is 19.6 Å². The fourth-order valence-corrected chi connectivity index (χ4v) is 4.38. The number of hydrogen-bond donors (Lipinski definition) is 4. The van der Waals surface area contributed by atoms with E-state index in [4.69, 9.17) is 34.7 Å². The number of benzene rings is 2. The molecule has 8 nitrogen and oxygen atoms in total. The molecule has 0 fully saturated rings. The van der Waals surface area contributed by atoms with Crippen molar-refractivity contribution in [3.05, 3.63) is 91.2 Å². The molecule has 2 heterocycles. The number of nitrogens with zero attached hydrogens (tertiary/aromatic N) is 2. The van der Waals surface area contributed by atoms with Crippen LogP contribution in [0.3, 0.4) is 0 Å². The Morgan fingerprint density at radius 1 is 0.758 bits per heavy atom. The molecule has 12 heteroatoms. The highest BCUT2D eigenvalue weighted by molar-refractivity contribution is 7.99. The smallest absolute Gasteiger partial charge is 0.266 e. The molecule has 0 spiro atoms. The second-order valence-corrected chi connectivity index (χ2v) is 9.56. The lowest BCUT2D eigenvalue weighted by atomic mass is 10.2. The van der Waals surface area contributed by atoms with Crippen molar-refractivity contribution >= 4 is 58.6 Å². The summed E-state index contributed by atoms with van der Waals surface area (Å²) >= 11 is 14.3. The zero-order valence-electron chi connectivity index (χ0n) is 17.1. The van der Waals surface area contributed by atoms with Crippen molar-refractivity contribution in [3.8, 4) is 0 Å². The molecule has 0 aliphatic carbocycles. The van der Waals surface area contributed by atoms with Crippen molar-refractivity contribution in [2.75, 3.05) is 11.5 Å². The van der Waals surface area contributed by atoms with E-state index in [1.165, 1.54) is 35.9 Å². The Balaban J connectivity index is 0.000000186. The molecule has 0 bridgehead atoms. The lowest BCUT2D eigenvalue weighted by Gasteiger charge is -2.05. The summed E-state index contributed by atoms with van der Waals surface area (Å²) in [5, 5.41) is 1.34. The third kappa shape index (κ3) is 7.29. The first-order chi connectivity index (χ1) is 15.7. The molecule has 0 aliphatic heterocycles. The van der Waals surface area contributed by atoms with Gasteiger partial charge in [0.05, 0.1) is 22.2 Å².